The van der Waals surface area contributed by atoms with Crippen LogP contribution in [0.2, 0.25) is 0 Å². The molecule has 0 amide bonds. The van der Waals surface area contributed by atoms with Gasteiger partial charge in [0.1, 0.15) is 11.1 Å². The van der Waals surface area contributed by atoms with Crippen molar-refractivity contribution in [1.82, 2.24) is 9.97 Å². The summed E-state index contributed by atoms with van der Waals surface area (Å²) in [6.07, 6.45) is 4.53. The summed E-state index contributed by atoms with van der Waals surface area (Å²) in [7, 11) is 0. The minimum Gasteiger partial charge on any atom is -0.258 e. The number of aliphatic imine (C=N–C) groups is 1. The molecule has 0 aliphatic heterocycles. The number of thiophene rings is 1. The predicted molar refractivity (Wildman–Crippen MR) is 140 cm³/mol. The Morgan fingerprint density at radius 1 is 1.26 bits per heavy atom. The molecule has 0 N–H and O–H groups in total. The molecule has 2 aromatic heterocycles. The fraction of sp³-hybridized carbons (Fsp3) is 0.385. The highest BCUT2D eigenvalue weighted by Crippen LogP contribution is 2.45. The lowest BCUT2D eigenvalue weighted by atomic mass is 9.72. The first-order valence-electron chi connectivity index (χ1n) is 11.4. The third-order valence-corrected chi connectivity index (χ3v) is 8.35. The molecule has 1 atom stereocenters. The SMILES string of the molecule is Cc1cc(C)nc(Sc2ccc(C=Nc3sc4c(c3C#N)CC[C@@H](C(C)(C)C)C4)cc2[N+](=O)[O-])n1. The molecule has 9 heteroatoms. The normalized spacial score (nSPS) is 15.7. The van der Waals surface area contributed by atoms with Gasteiger partial charge in [0.25, 0.3) is 5.69 Å². The van der Waals surface area contributed by atoms with Crippen molar-refractivity contribution in [1.29, 1.82) is 5.26 Å². The molecule has 1 aromatic carbocycles. The zero-order valence-electron chi connectivity index (χ0n) is 20.5. The largest absolute Gasteiger partial charge is 0.283 e. The van der Waals surface area contributed by atoms with E-state index in [4.69, 9.17) is 0 Å². The predicted octanol–water partition coefficient (Wildman–Crippen LogP) is 6.99. The van der Waals surface area contributed by atoms with Gasteiger partial charge in [-0.2, -0.15) is 5.26 Å². The van der Waals surface area contributed by atoms with Crippen LogP contribution in [0.15, 0.2) is 39.3 Å². The molecular weight excluding hydrogens is 478 g/mol. The lowest BCUT2D eigenvalue weighted by molar-refractivity contribution is -0.387. The molecule has 0 saturated carbocycles. The summed E-state index contributed by atoms with van der Waals surface area (Å²) in [6, 6.07) is 9.19. The van der Waals surface area contributed by atoms with Crippen LogP contribution < -0.4 is 0 Å². The molecule has 35 heavy (non-hydrogen) atoms. The summed E-state index contributed by atoms with van der Waals surface area (Å²) in [5.41, 5.74) is 4.18. The highest BCUT2D eigenvalue weighted by atomic mass is 32.2. The Labute approximate surface area is 213 Å². The van der Waals surface area contributed by atoms with E-state index in [0.29, 0.717) is 32.1 Å². The van der Waals surface area contributed by atoms with Gasteiger partial charge >= 0.3 is 0 Å². The van der Waals surface area contributed by atoms with Gasteiger partial charge in [-0.1, -0.05) is 26.8 Å². The van der Waals surface area contributed by atoms with Crippen LogP contribution in [0.4, 0.5) is 10.7 Å². The van der Waals surface area contributed by atoms with Crippen LogP contribution in [-0.4, -0.2) is 21.1 Å². The first kappa shape index (κ1) is 25.0. The van der Waals surface area contributed by atoms with Gasteiger partial charge in [0.2, 0.25) is 0 Å². The molecule has 1 aliphatic carbocycles. The van der Waals surface area contributed by atoms with Crippen molar-refractivity contribution >= 4 is 40.0 Å². The molecule has 7 nitrogen and oxygen atoms in total. The Hall–Kier alpha value is -3.09. The lowest BCUT2D eigenvalue weighted by Crippen LogP contribution is -2.26. The maximum Gasteiger partial charge on any atom is 0.283 e. The van der Waals surface area contributed by atoms with Crippen LogP contribution >= 0.6 is 23.1 Å². The van der Waals surface area contributed by atoms with Crippen molar-refractivity contribution in [3.63, 3.8) is 0 Å². The maximum atomic E-state index is 11.8. The zero-order chi connectivity index (χ0) is 25.3. The number of hydrogen-bond donors (Lipinski definition) is 0. The number of hydrogen-bond acceptors (Lipinski definition) is 8. The van der Waals surface area contributed by atoms with Gasteiger partial charge in [-0.15, -0.1) is 11.3 Å². The number of aromatic nitrogens is 2. The molecule has 180 valence electrons. The zero-order valence-corrected chi connectivity index (χ0v) is 22.1. The summed E-state index contributed by atoms with van der Waals surface area (Å²) in [6.45, 7) is 10.5. The molecule has 0 unspecified atom stereocenters. The summed E-state index contributed by atoms with van der Waals surface area (Å²) in [5, 5.41) is 22.7. The highest BCUT2D eigenvalue weighted by molar-refractivity contribution is 7.99. The van der Waals surface area contributed by atoms with Gasteiger partial charge in [0.05, 0.1) is 15.4 Å². The number of nitriles is 1. The second-order valence-electron chi connectivity index (χ2n) is 9.88. The summed E-state index contributed by atoms with van der Waals surface area (Å²) < 4.78 is 0. The van der Waals surface area contributed by atoms with Crippen LogP contribution in [0.1, 0.15) is 60.1 Å². The molecule has 0 spiro atoms. The Morgan fingerprint density at radius 2 is 1.97 bits per heavy atom. The molecule has 1 aliphatic rings. The number of nitrogens with zero attached hydrogens (tertiary/aromatic N) is 5. The maximum absolute atomic E-state index is 11.8. The minimum absolute atomic E-state index is 0.0271. The van der Waals surface area contributed by atoms with Crippen molar-refractivity contribution in [3.05, 3.63) is 67.3 Å². The van der Waals surface area contributed by atoms with Crippen molar-refractivity contribution in [2.24, 2.45) is 16.3 Å². The van der Waals surface area contributed by atoms with Crippen LogP contribution in [0.5, 0.6) is 0 Å². The first-order valence-corrected chi connectivity index (χ1v) is 13.1. The van der Waals surface area contributed by atoms with Gasteiger partial charge in [-0.05, 0) is 79.5 Å². The van der Waals surface area contributed by atoms with E-state index in [-0.39, 0.29) is 11.1 Å². The van der Waals surface area contributed by atoms with E-state index in [9.17, 15) is 15.4 Å². The first-order chi connectivity index (χ1) is 16.5. The smallest absolute Gasteiger partial charge is 0.258 e. The Balaban J connectivity index is 1.61. The quantitative estimate of drug-likeness (QED) is 0.160. The van der Waals surface area contributed by atoms with Gasteiger partial charge < -0.3 is 0 Å². The van der Waals surface area contributed by atoms with E-state index in [0.717, 1.165) is 36.2 Å². The molecular formula is C26H27N5O2S2. The van der Waals surface area contributed by atoms with Crippen LogP contribution in [0, 0.1) is 46.6 Å². The summed E-state index contributed by atoms with van der Waals surface area (Å²) in [5.74, 6) is 0.575. The average molecular weight is 506 g/mol. The molecule has 4 rings (SSSR count). The number of aryl methyl sites for hydroxylation is 2. The van der Waals surface area contributed by atoms with E-state index in [1.54, 1.807) is 29.7 Å². The van der Waals surface area contributed by atoms with E-state index >= 15 is 0 Å². The second kappa shape index (κ2) is 9.88. The monoisotopic (exact) mass is 505 g/mol. The summed E-state index contributed by atoms with van der Waals surface area (Å²) >= 11 is 2.74. The van der Waals surface area contributed by atoms with Crippen LogP contribution in [0.25, 0.3) is 0 Å². The number of nitro groups is 1. The van der Waals surface area contributed by atoms with E-state index in [2.05, 4.69) is 41.8 Å². The lowest BCUT2D eigenvalue weighted by Gasteiger charge is -2.33. The van der Waals surface area contributed by atoms with Crippen molar-refractivity contribution in [3.8, 4) is 6.07 Å². The van der Waals surface area contributed by atoms with Crippen molar-refractivity contribution in [2.75, 3.05) is 0 Å². The molecule has 0 fully saturated rings. The average Bonchev–Trinajstić information content (AvgIpc) is 3.13. The van der Waals surface area contributed by atoms with E-state index in [1.807, 2.05) is 19.9 Å². The number of nitro benzene ring substituents is 1. The van der Waals surface area contributed by atoms with Gasteiger partial charge in [0.15, 0.2) is 5.16 Å². The summed E-state index contributed by atoms with van der Waals surface area (Å²) in [4.78, 5) is 26.4. The Morgan fingerprint density at radius 3 is 2.60 bits per heavy atom. The second-order valence-corrected chi connectivity index (χ2v) is 12.0. The standard InChI is InChI=1S/C26H27N5O2S2/c1-15-10-16(2)30-25(29-15)35-22-9-6-17(11-21(22)31(32)33)14-28-24-20(13-27)19-8-7-18(26(3,4)5)12-23(19)34-24/h6,9-11,14,18H,7-8,12H2,1-5H3/t18-/m1/s1. The Bertz CT molecular complexity index is 1350. The fourth-order valence-electron chi connectivity index (χ4n) is 4.33. The van der Waals surface area contributed by atoms with Crippen LogP contribution in [0.3, 0.4) is 0 Å². The Kier molecular flexibility index (Phi) is 7.06. The fourth-order valence-corrected chi connectivity index (χ4v) is 6.50. The van der Waals surface area contributed by atoms with Gasteiger partial charge in [-0.25, -0.2) is 15.0 Å². The molecule has 0 bridgehead atoms. The molecule has 3 aromatic rings. The molecule has 2 heterocycles. The third kappa shape index (κ3) is 5.60. The number of rotatable bonds is 5. The molecule has 0 saturated heterocycles. The highest BCUT2D eigenvalue weighted by Gasteiger charge is 2.32. The third-order valence-electron chi connectivity index (χ3n) is 6.26. The van der Waals surface area contributed by atoms with E-state index in [1.165, 1.54) is 22.7 Å². The van der Waals surface area contributed by atoms with Crippen LogP contribution in [-0.2, 0) is 12.8 Å². The molecule has 0 radical (unpaired) electrons. The van der Waals surface area contributed by atoms with Crippen molar-refractivity contribution < 1.29 is 4.92 Å². The van der Waals surface area contributed by atoms with Gasteiger partial charge in [0, 0.05) is 28.5 Å². The minimum atomic E-state index is -0.403. The van der Waals surface area contributed by atoms with Gasteiger partial charge in [-0.3, -0.25) is 10.1 Å². The number of fused-ring (bicyclic) bond motifs is 1. The van der Waals surface area contributed by atoms with E-state index < -0.39 is 4.92 Å². The van der Waals surface area contributed by atoms with Crippen molar-refractivity contribution in [2.45, 2.75) is 63.9 Å². The topological polar surface area (TPSA) is 105 Å². The number of benzene rings is 1.